The Morgan fingerprint density at radius 2 is 1.74 bits per heavy atom. The maximum absolute atomic E-state index is 12.0. The van der Waals surface area contributed by atoms with Crippen LogP contribution in [-0.4, -0.2) is 46.8 Å². The number of aryl methyl sites for hydroxylation is 1. The Balaban J connectivity index is 2.06. The summed E-state index contributed by atoms with van der Waals surface area (Å²) in [6.07, 6.45) is 3.71. The molecule has 27 heavy (non-hydrogen) atoms. The summed E-state index contributed by atoms with van der Waals surface area (Å²) < 4.78 is 47.2. The van der Waals surface area contributed by atoms with Crippen LogP contribution < -0.4 is 10.6 Å². The first-order valence-corrected chi connectivity index (χ1v) is 11.8. The molecule has 0 saturated carbocycles. The van der Waals surface area contributed by atoms with Crippen molar-refractivity contribution >= 4 is 37.1 Å². The minimum atomic E-state index is -3.66. The summed E-state index contributed by atoms with van der Waals surface area (Å²) in [6, 6.07) is 7.33. The van der Waals surface area contributed by atoms with E-state index in [2.05, 4.69) is 15.6 Å². The molecular formula is C17H21N3O5S2. The van der Waals surface area contributed by atoms with E-state index in [-0.39, 0.29) is 34.4 Å². The molecule has 0 aliphatic carbocycles. The number of aromatic nitrogens is 1. The van der Waals surface area contributed by atoms with E-state index in [4.69, 9.17) is 0 Å². The zero-order valence-corrected chi connectivity index (χ0v) is 16.8. The van der Waals surface area contributed by atoms with E-state index in [0.717, 1.165) is 24.1 Å². The molecule has 8 nitrogen and oxygen atoms in total. The number of carbonyl (C=O) groups excluding carboxylic acids is 1. The first-order valence-electron chi connectivity index (χ1n) is 7.97. The molecule has 2 N–H and O–H groups in total. The highest BCUT2D eigenvalue weighted by Gasteiger charge is 2.18. The largest absolute Gasteiger partial charge is 0.383 e. The topological polar surface area (TPSA) is 122 Å². The van der Waals surface area contributed by atoms with Gasteiger partial charge in [-0.15, -0.1) is 0 Å². The molecule has 0 radical (unpaired) electrons. The lowest BCUT2D eigenvalue weighted by atomic mass is 10.3. The van der Waals surface area contributed by atoms with E-state index in [9.17, 15) is 21.6 Å². The number of rotatable bonds is 7. The molecule has 0 fully saturated rings. The minimum absolute atomic E-state index is 0.0760. The van der Waals surface area contributed by atoms with Crippen molar-refractivity contribution in [1.82, 2.24) is 4.98 Å². The number of pyridine rings is 1. The third-order valence-electron chi connectivity index (χ3n) is 3.63. The Hall–Kier alpha value is -2.46. The number of carbonyl (C=O) groups is 1. The second-order valence-electron chi connectivity index (χ2n) is 6.15. The van der Waals surface area contributed by atoms with Crippen molar-refractivity contribution in [3.05, 3.63) is 42.1 Å². The van der Waals surface area contributed by atoms with Crippen LogP contribution in [0.25, 0.3) is 0 Å². The molecule has 0 saturated heterocycles. The Labute approximate surface area is 158 Å². The van der Waals surface area contributed by atoms with Gasteiger partial charge in [-0.3, -0.25) is 4.79 Å². The van der Waals surface area contributed by atoms with Gasteiger partial charge in [0.15, 0.2) is 19.7 Å². The molecule has 1 amide bonds. The molecule has 0 aliphatic heterocycles. The molecule has 2 aromatic rings. The van der Waals surface area contributed by atoms with Crippen LogP contribution in [0, 0.1) is 6.92 Å². The van der Waals surface area contributed by atoms with Crippen LogP contribution in [0.15, 0.2) is 46.3 Å². The quantitative estimate of drug-likeness (QED) is 0.710. The molecule has 2 rings (SSSR count). The van der Waals surface area contributed by atoms with Crippen molar-refractivity contribution in [3.8, 4) is 0 Å². The Bertz CT molecular complexity index is 1050. The molecule has 1 heterocycles. The second kappa shape index (κ2) is 8.05. The number of nitrogens with one attached hydrogen (secondary N) is 2. The molecular weight excluding hydrogens is 390 g/mol. The van der Waals surface area contributed by atoms with Crippen molar-refractivity contribution in [1.29, 1.82) is 0 Å². The summed E-state index contributed by atoms with van der Waals surface area (Å²) in [4.78, 5) is 15.8. The highest BCUT2D eigenvalue weighted by molar-refractivity contribution is 7.91. The fourth-order valence-electron chi connectivity index (χ4n) is 2.24. The van der Waals surface area contributed by atoms with Crippen LogP contribution in [-0.2, 0) is 24.5 Å². The third-order valence-corrected chi connectivity index (χ3v) is 5.87. The monoisotopic (exact) mass is 411 g/mol. The summed E-state index contributed by atoms with van der Waals surface area (Å²) >= 11 is 0. The van der Waals surface area contributed by atoms with Crippen molar-refractivity contribution in [2.75, 3.05) is 29.7 Å². The van der Waals surface area contributed by atoms with E-state index in [1.807, 2.05) is 13.0 Å². The lowest BCUT2D eigenvalue weighted by molar-refractivity contribution is -0.116. The van der Waals surface area contributed by atoms with Gasteiger partial charge in [0, 0.05) is 31.7 Å². The van der Waals surface area contributed by atoms with Gasteiger partial charge in [-0.1, -0.05) is 6.07 Å². The fourth-order valence-corrected chi connectivity index (χ4v) is 3.85. The molecule has 0 bridgehead atoms. The van der Waals surface area contributed by atoms with Gasteiger partial charge < -0.3 is 10.6 Å². The van der Waals surface area contributed by atoms with Crippen LogP contribution in [0.5, 0.6) is 0 Å². The normalized spacial score (nSPS) is 11.8. The van der Waals surface area contributed by atoms with E-state index in [0.29, 0.717) is 5.82 Å². The van der Waals surface area contributed by atoms with Crippen molar-refractivity contribution in [2.24, 2.45) is 0 Å². The lowest BCUT2D eigenvalue weighted by Gasteiger charge is -2.12. The van der Waals surface area contributed by atoms with Gasteiger partial charge in [0.25, 0.3) is 0 Å². The average molecular weight is 412 g/mol. The van der Waals surface area contributed by atoms with E-state index >= 15 is 0 Å². The predicted octanol–water partition coefficient (Wildman–Crippen LogP) is 1.64. The summed E-state index contributed by atoms with van der Waals surface area (Å²) in [5.41, 5.74) is 1.21. The van der Waals surface area contributed by atoms with Crippen molar-refractivity contribution < 1.29 is 21.6 Å². The van der Waals surface area contributed by atoms with E-state index in [1.54, 1.807) is 12.3 Å². The minimum Gasteiger partial charge on any atom is -0.383 e. The van der Waals surface area contributed by atoms with Crippen molar-refractivity contribution in [3.63, 3.8) is 0 Å². The highest BCUT2D eigenvalue weighted by Crippen LogP contribution is 2.25. The molecule has 0 aliphatic rings. The number of sulfone groups is 2. The van der Waals surface area contributed by atoms with Crippen LogP contribution in [0.4, 0.5) is 11.5 Å². The molecule has 0 spiro atoms. The average Bonchev–Trinajstić information content (AvgIpc) is 2.55. The Morgan fingerprint density at radius 1 is 1.04 bits per heavy atom. The summed E-state index contributed by atoms with van der Waals surface area (Å²) in [7, 11) is -7.19. The molecule has 0 unspecified atom stereocenters. The highest BCUT2D eigenvalue weighted by atomic mass is 32.2. The summed E-state index contributed by atoms with van der Waals surface area (Å²) in [5, 5.41) is 5.51. The molecule has 10 heteroatoms. The van der Waals surface area contributed by atoms with Gasteiger partial charge >= 0.3 is 0 Å². The number of benzene rings is 1. The smallest absolute Gasteiger partial charge is 0.227 e. The van der Waals surface area contributed by atoms with Gasteiger partial charge in [-0.05, 0) is 36.8 Å². The van der Waals surface area contributed by atoms with Crippen LogP contribution in [0.2, 0.25) is 0 Å². The van der Waals surface area contributed by atoms with Crippen LogP contribution in [0.3, 0.4) is 0 Å². The maximum atomic E-state index is 12.0. The van der Waals surface area contributed by atoms with Gasteiger partial charge in [0.1, 0.15) is 5.82 Å². The summed E-state index contributed by atoms with van der Waals surface area (Å²) in [6.45, 7) is 2.05. The van der Waals surface area contributed by atoms with Crippen LogP contribution in [0.1, 0.15) is 12.0 Å². The number of amides is 1. The number of anilines is 2. The SMILES string of the molecule is Cc1ccc(NC(=O)CCNc2ccc(S(C)(=O)=O)cc2S(C)(=O)=O)nc1. The first-order chi connectivity index (χ1) is 12.5. The van der Waals surface area contributed by atoms with Crippen LogP contribution >= 0.6 is 0 Å². The molecule has 0 atom stereocenters. The number of hydrogen-bond donors (Lipinski definition) is 2. The van der Waals surface area contributed by atoms with Gasteiger partial charge in [-0.2, -0.15) is 0 Å². The summed E-state index contributed by atoms with van der Waals surface area (Å²) in [5.74, 6) is 0.146. The molecule has 1 aromatic heterocycles. The van der Waals surface area contributed by atoms with E-state index in [1.165, 1.54) is 12.1 Å². The first kappa shape index (κ1) is 20.8. The van der Waals surface area contributed by atoms with Crippen molar-refractivity contribution in [2.45, 2.75) is 23.1 Å². The second-order valence-corrected chi connectivity index (χ2v) is 10.1. The number of nitrogens with zero attached hydrogens (tertiary/aromatic N) is 1. The van der Waals surface area contributed by atoms with Gasteiger partial charge in [0.2, 0.25) is 5.91 Å². The standard InChI is InChI=1S/C17H21N3O5S2/c1-12-4-7-16(19-11-12)20-17(21)8-9-18-14-6-5-13(26(2,22)23)10-15(14)27(3,24)25/h4-7,10-11,18H,8-9H2,1-3H3,(H,19,20,21). The lowest BCUT2D eigenvalue weighted by Crippen LogP contribution is -2.17. The zero-order valence-electron chi connectivity index (χ0n) is 15.2. The van der Waals surface area contributed by atoms with Gasteiger partial charge in [-0.25, -0.2) is 21.8 Å². The zero-order chi connectivity index (χ0) is 20.2. The van der Waals surface area contributed by atoms with Gasteiger partial charge in [0.05, 0.1) is 15.5 Å². The molecule has 1 aromatic carbocycles. The Kier molecular flexibility index (Phi) is 6.22. The fraction of sp³-hybridized carbons (Fsp3) is 0.294. The Morgan fingerprint density at radius 3 is 2.30 bits per heavy atom. The predicted molar refractivity (Wildman–Crippen MR) is 103 cm³/mol. The number of hydrogen-bond acceptors (Lipinski definition) is 7. The molecule has 146 valence electrons. The maximum Gasteiger partial charge on any atom is 0.227 e. The van der Waals surface area contributed by atoms with E-state index < -0.39 is 19.7 Å². The third kappa shape index (κ3) is 6.04.